The van der Waals surface area contributed by atoms with Crippen LogP contribution in [0.15, 0.2) is 22.7 Å². The van der Waals surface area contributed by atoms with Gasteiger partial charge in [0.15, 0.2) is 0 Å². The van der Waals surface area contributed by atoms with Gasteiger partial charge in [-0.1, -0.05) is 36.7 Å². The second kappa shape index (κ2) is 5.86. The van der Waals surface area contributed by atoms with Gasteiger partial charge in [0.05, 0.1) is 5.69 Å². The van der Waals surface area contributed by atoms with Crippen molar-refractivity contribution in [2.24, 2.45) is 5.92 Å². The number of nitrogens with two attached hydrogens (primary N) is 1. The summed E-state index contributed by atoms with van der Waals surface area (Å²) in [6.07, 6.45) is 0. The molecule has 2 nitrogen and oxygen atoms in total. The molecule has 0 fully saturated rings. The molecule has 0 radical (unpaired) electrons. The van der Waals surface area contributed by atoms with Gasteiger partial charge in [0.1, 0.15) is 5.75 Å². The minimum Gasteiger partial charge on any atom is -0.506 e. The average molecular weight is 246 g/mol. The van der Waals surface area contributed by atoms with Gasteiger partial charge >= 0.3 is 0 Å². The van der Waals surface area contributed by atoms with E-state index in [1.165, 1.54) is 0 Å². The number of anilines is 1. The zero-order chi connectivity index (χ0) is 10.4. The lowest BCUT2D eigenvalue weighted by Gasteiger charge is -1.96. The molecular weight excluding hydrogens is 230 g/mol. The molecule has 0 amide bonds. The number of benzene rings is 1. The Kier molecular flexibility index (Phi) is 5.55. The van der Waals surface area contributed by atoms with E-state index in [0.29, 0.717) is 5.69 Å². The first-order valence-corrected chi connectivity index (χ1v) is 4.96. The summed E-state index contributed by atoms with van der Waals surface area (Å²) in [5, 5.41) is 8.95. The number of aromatic hydroxyl groups is 1. The van der Waals surface area contributed by atoms with Crippen molar-refractivity contribution in [3.8, 4) is 5.75 Å². The van der Waals surface area contributed by atoms with Crippen LogP contribution in [0.5, 0.6) is 5.75 Å². The Balaban J connectivity index is 0.000000310. The Morgan fingerprint density at radius 3 is 2.08 bits per heavy atom. The van der Waals surface area contributed by atoms with Gasteiger partial charge in [-0.25, -0.2) is 0 Å². The number of nitrogen functional groups attached to an aromatic ring is 1. The highest BCUT2D eigenvalue weighted by Crippen LogP contribution is 2.23. The number of hydrogen-bond acceptors (Lipinski definition) is 2. The molecule has 0 spiro atoms. The van der Waals surface area contributed by atoms with Crippen molar-refractivity contribution >= 4 is 21.6 Å². The number of phenols is 1. The smallest absolute Gasteiger partial charge is 0.139 e. The van der Waals surface area contributed by atoms with Crippen molar-refractivity contribution in [2.45, 2.75) is 20.8 Å². The second-order valence-corrected chi connectivity index (χ2v) is 4.35. The summed E-state index contributed by atoms with van der Waals surface area (Å²) in [7, 11) is 0. The lowest BCUT2D eigenvalue weighted by atomic mass is 10.3. The molecule has 0 saturated carbocycles. The van der Waals surface area contributed by atoms with Gasteiger partial charge in [0.25, 0.3) is 0 Å². The normalized spacial score (nSPS) is 9.31. The van der Waals surface area contributed by atoms with E-state index in [-0.39, 0.29) is 5.75 Å². The predicted molar refractivity (Wildman–Crippen MR) is 60.7 cm³/mol. The maximum atomic E-state index is 8.95. The first-order chi connectivity index (χ1) is 5.93. The molecule has 3 N–H and O–H groups in total. The molecule has 0 aliphatic rings. The fraction of sp³-hybridized carbons (Fsp3) is 0.400. The van der Waals surface area contributed by atoms with Crippen molar-refractivity contribution in [2.75, 3.05) is 5.73 Å². The summed E-state index contributed by atoms with van der Waals surface area (Å²) < 4.78 is 0.828. The molecule has 74 valence electrons. The first kappa shape index (κ1) is 12.3. The fourth-order valence-electron chi connectivity index (χ4n) is 0.517. The Hall–Kier alpha value is -0.700. The third-order valence-corrected chi connectivity index (χ3v) is 1.49. The third kappa shape index (κ3) is 6.46. The van der Waals surface area contributed by atoms with Crippen LogP contribution in [0.1, 0.15) is 20.8 Å². The summed E-state index contributed by atoms with van der Waals surface area (Å²) >= 11 is 3.18. The number of rotatable bonds is 0. The zero-order valence-electron chi connectivity index (χ0n) is 8.21. The molecule has 1 aromatic rings. The van der Waals surface area contributed by atoms with Crippen LogP contribution in [0.2, 0.25) is 0 Å². The molecule has 13 heavy (non-hydrogen) atoms. The van der Waals surface area contributed by atoms with Gasteiger partial charge < -0.3 is 10.8 Å². The van der Waals surface area contributed by atoms with Gasteiger partial charge in [-0.2, -0.15) is 0 Å². The highest BCUT2D eigenvalue weighted by Gasteiger charge is 1.93. The molecule has 0 bridgehead atoms. The molecule has 0 saturated heterocycles. The van der Waals surface area contributed by atoms with Gasteiger partial charge in [0, 0.05) is 4.47 Å². The van der Waals surface area contributed by atoms with Crippen LogP contribution >= 0.6 is 15.9 Å². The Morgan fingerprint density at radius 1 is 1.31 bits per heavy atom. The SMILES string of the molecule is CC(C)C.Nc1ccc(Br)cc1O. The van der Waals surface area contributed by atoms with Crippen LogP contribution in [0.3, 0.4) is 0 Å². The summed E-state index contributed by atoms with van der Waals surface area (Å²) in [5.41, 5.74) is 5.72. The Labute approximate surface area is 87.9 Å². The van der Waals surface area contributed by atoms with E-state index in [0.717, 1.165) is 10.4 Å². The monoisotopic (exact) mass is 245 g/mol. The van der Waals surface area contributed by atoms with Crippen molar-refractivity contribution in [1.29, 1.82) is 0 Å². The summed E-state index contributed by atoms with van der Waals surface area (Å²) in [5.74, 6) is 0.948. The third-order valence-electron chi connectivity index (χ3n) is 0.992. The van der Waals surface area contributed by atoms with E-state index in [9.17, 15) is 0 Å². The quantitative estimate of drug-likeness (QED) is 0.544. The maximum Gasteiger partial charge on any atom is 0.139 e. The lowest BCUT2D eigenvalue weighted by molar-refractivity contribution is 0.477. The van der Waals surface area contributed by atoms with Gasteiger partial charge in [-0.05, 0) is 24.1 Å². The largest absolute Gasteiger partial charge is 0.506 e. The van der Waals surface area contributed by atoms with E-state index < -0.39 is 0 Å². The fourth-order valence-corrected chi connectivity index (χ4v) is 0.866. The maximum absolute atomic E-state index is 8.95. The minimum atomic E-state index is 0.115. The highest BCUT2D eigenvalue weighted by atomic mass is 79.9. The van der Waals surface area contributed by atoms with Crippen molar-refractivity contribution in [3.05, 3.63) is 22.7 Å². The minimum absolute atomic E-state index is 0.115. The molecule has 3 heteroatoms. The number of hydrogen-bond donors (Lipinski definition) is 2. The van der Waals surface area contributed by atoms with Crippen LogP contribution in [-0.2, 0) is 0 Å². The number of halogens is 1. The first-order valence-electron chi connectivity index (χ1n) is 4.17. The lowest BCUT2D eigenvalue weighted by Crippen LogP contribution is -1.83. The molecule has 1 rings (SSSR count). The van der Waals surface area contributed by atoms with Crippen LogP contribution < -0.4 is 5.73 Å². The van der Waals surface area contributed by atoms with Crippen LogP contribution in [0.4, 0.5) is 5.69 Å². The molecule has 0 heterocycles. The van der Waals surface area contributed by atoms with Gasteiger partial charge in [0.2, 0.25) is 0 Å². The Morgan fingerprint density at radius 2 is 1.77 bits per heavy atom. The van der Waals surface area contributed by atoms with Crippen molar-refractivity contribution < 1.29 is 5.11 Å². The van der Waals surface area contributed by atoms with E-state index in [1.54, 1.807) is 18.2 Å². The second-order valence-electron chi connectivity index (χ2n) is 3.44. The topological polar surface area (TPSA) is 46.2 Å². The average Bonchev–Trinajstić information content (AvgIpc) is 1.96. The van der Waals surface area contributed by atoms with E-state index in [2.05, 4.69) is 36.7 Å². The molecule has 0 aliphatic heterocycles. The van der Waals surface area contributed by atoms with Gasteiger partial charge in [-0.15, -0.1) is 0 Å². The summed E-state index contributed by atoms with van der Waals surface area (Å²) in [6, 6.07) is 4.96. The highest BCUT2D eigenvalue weighted by molar-refractivity contribution is 9.10. The molecule has 0 unspecified atom stereocenters. The van der Waals surface area contributed by atoms with Crippen LogP contribution in [0, 0.1) is 5.92 Å². The van der Waals surface area contributed by atoms with Crippen LogP contribution in [0.25, 0.3) is 0 Å². The van der Waals surface area contributed by atoms with Gasteiger partial charge in [-0.3, -0.25) is 0 Å². The predicted octanol–water partition coefficient (Wildman–Crippen LogP) is 3.40. The van der Waals surface area contributed by atoms with E-state index in [1.807, 2.05) is 0 Å². The van der Waals surface area contributed by atoms with E-state index in [4.69, 9.17) is 10.8 Å². The molecular formula is C10H16BrNO. The summed E-state index contributed by atoms with van der Waals surface area (Å²) in [6.45, 7) is 6.50. The molecule has 1 aromatic carbocycles. The molecule has 0 aromatic heterocycles. The Bertz CT molecular complexity index is 258. The molecule has 0 aliphatic carbocycles. The van der Waals surface area contributed by atoms with E-state index >= 15 is 0 Å². The standard InChI is InChI=1S/C6H6BrNO.C4H10/c7-4-1-2-5(8)6(9)3-4;1-4(2)3/h1-3,9H,8H2;4H,1-3H3. The number of phenolic OH excluding ortho intramolecular Hbond substituents is 1. The van der Waals surface area contributed by atoms with Crippen molar-refractivity contribution in [3.63, 3.8) is 0 Å². The summed E-state index contributed by atoms with van der Waals surface area (Å²) in [4.78, 5) is 0. The molecule has 0 atom stereocenters. The van der Waals surface area contributed by atoms with Crippen LogP contribution in [-0.4, -0.2) is 5.11 Å². The zero-order valence-corrected chi connectivity index (χ0v) is 9.80. The van der Waals surface area contributed by atoms with Crippen molar-refractivity contribution in [1.82, 2.24) is 0 Å².